The van der Waals surface area contributed by atoms with Crippen LogP contribution in [0.1, 0.15) is 50.0 Å². The second-order valence-electron chi connectivity index (χ2n) is 8.31. The topological polar surface area (TPSA) is 145 Å². The van der Waals surface area contributed by atoms with Crippen LogP contribution in [0.3, 0.4) is 0 Å². The van der Waals surface area contributed by atoms with Gasteiger partial charge in [-0.3, -0.25) is 19.7 Å². The summed E-state index contributed by atoms with van der Waals surface area (Å²) in [6.07, 6.45) is 6.94. The number of fused-ring (bicyclic) bond motifs is 2. The van der Waals surface area contributed by atoms with Gasteiger partial charge in [0.15, 0.2) is 17.1 Å². The van der Waals surface area contributed by atoms with Gasteiger partial charge in [-0.1, -0.05) is 6.92 Å². The summed E-state index contributed by atoms with van der Waals surface area (Å²) in [5.74, 6) is 0.291. The number of pyridine rings is 2. The average Bonchev–Trinajstić information content (AvgIpc) is 3.52. The van der Waals surface area contributed by atoms with Gasteiger partial charge in [-0.15, -0.1) is 0 Å². The van der Waals surface area contributed by atoms with Gasteiger partial charge in [-0.05, 0) is 56.8 Å². The molecule has 11 nitrogen and oxygen atoms in total. The number of carbonyl (C=O) groups is 2. The lowest BCUT2D eigenvalue weighted by atomic mass is 10.1. The molecule has 0 aliphatic rings. The van der Waals surface area contributed by atoms with E-state index in [2.05, 4.69) is 47.2 Å². The first-order valence-corrected chi connectivity index (χ1v) is 12.0. The minimum Gasteiger partial charge on any atom is -0.339 e. The molecule has 0 radical (unpaired) electrons. The van der Waals surface area contributed by atoms with Crippen molar-refractivity contribution in [3.8, 4) is 11.5 Å². The van der Waals surface area contributed by atoms with E-state index in [1.165, 1.54) is 6.20 Å². The molecular weight excluding hydrogens is 470 g/mol. The van der Waals surface area contributed by atoms with Gasteiger partial charge in [0.1, 0.15) is 5.69 Å². The van der Waals surface area contributed by atoms with Crippen LogP contribution in [-0.2, 0) is 4.79 Å². The number of allylic oxidation sites excluding steroid dienone is 2. The first kappa shape index (κ1) is 25.4. The highest BCUT2D eigenvalue weighted by atomic mass is 16.2. The fraction of sp³-hybridized carbons (Fsp3) is 0.269. The van der Waals surface area contributed by atoms with Gasteiger partial charge in [0.25, 0.3) is 5.91 Å². The highest BCUT2D eigenvalue weighted by molar-refractivity contribution is 6.05. The molecular formula is C26H29N9O2. The van der Waals surface area contributed by atoms with E-state index >= 15 is 0 Å². The van der Waals surface area contributed by atoms with Gasteiger partial charge >= 0.3 is 0 Å². The minimum absolute atomic E-state index is 0.0835. The molecule has 0 atom stereocenters. The van der Waals surface area contributed by atoms with E-state index in [4.69, 9.17) is 0 Å². The van der Waals surface area contributed by atoms with Crippen LogP contribution in [0.5, 0.6) is 0 Å². The van der Waals surface area contributed by atoms with Crippen molar-refractivity contribution in [2.45, 2.75) is 34.1 Å². The SMILES string of the molecule is C=N/C=C(\C=C(/C)c1cnc2n[nH]c(-c3nc4nccc(C(=O)N(CC)CC)c4[nH]3)c2c1)NC(=O)CC. The molecule has 4 heterocycles. The fourth-order valence-electron chi connectivity index (χ4n) is 3.95. The molecule has 0 fully saturated rings. The van der Waals surface area contributed by atoms with Crippen molar-refractivity contribution in [1.82, 2.24) is 40.3 Å². The van der Waals surface area contributed by atoms with E-state index in [1.54, 1.807) is 36.4 Å². The maximum atomic E-state index is 13.0. The highest BCUT2D eigenvalue weighted by Gasteiger charge is 2.20. The number of H-pyrrole nitrogens is 2. The van der Waals surface area contributed by atoms with Crippen molar-refractivity contribution in [1.29, 1.82) is 0 Å². The van der Waals surface area contributed by atoms with Gasteiger partial charge in [0.2, 0.25) is 5.91 Å². The summed E-state index contributed by atoms with van der Waals surface area (Å²) in [6, 6.07) is 3.64. The molecule has 4 aromatic heterocycles. The fourth-order valence-corrected chi connectivity index (χ4v) is 3.95. The molecule has 11 heteroatoms. The normalized spacial score (nSPS) is 12.2. The second-order valence-corrected chi connectivity index (χ2v) is 8.31. The Labute approximate surface area is 213 Å². The van der Waals surface area contributed by atoms with E-state index in [-0.39, 0.29) is 11.8 Å². The summed E-state index contributed by atoms with van der Waals surface area (Å²) in [5, 5.41) is 10.9. The Morgan fingerprint density at radius 1 is 1.19 bits per heavy atom. The first-order valence-electron chi connectivity index (χ1n) is 12.0. The van der Waals surface area contributed by atoms with Crippen LogP contribution in [0, 0.1) is 0 Å². The van der Waals surface area contributed by atoms with E-state index in [1.807, 2.05) is 26.8 Å². The highest BCUT2D eigenvalue weighted by Crippen LogP contribution is 2.28. The van der Waals surface area contributed by atoms with E-state index in [9.17, 15) is 9.59 Å². The van der Waals surface area contributed by atoms with Gasteiger partial charge in [0, 0.05) is 38.1 Å². The molecule has 2 amide bonds. The number of imidazole rings is 1. The Balaban J connectivity index is 1.75. The molecule has 4 rings (SSSR count). The van der Waals surface area contributed by atoms with Crippen molar-refractivity contribution in [3.63, 3.8) is 0 Å². The minimum atomic E-state index is -0.123. The summed E-state index contributed by atoms with van der Waals surface area (Å²) >= 11 is 0. The van der Waals surface area contributed by atoms with Crippen molar-refractivity contribution in [2.24, 2.45) is 4.99 Å². The molecule has 0 unspecified atom stereocenters. The summed E-state index contributed by atoms with van der Waals surface area (Å²) in [7, 11) is 0. The maximum absolute atomic E-state index is 13.0. The summed E-state index contributed by atoms with van der Waals surface area (Å²) in [6.45, 7) is 12.3. The number of carbonyl (C=O) groups excluding carboxylic acids is 2. The van der Waals surface area contributed by atoms with Crippen LogP contribution >= 0.6 is 0 Å². The smallest absolute Gasteiger partial charge is 0.256 e. The average molecular weight is 500 g/mol. The van der Waals surface area contributed by atoms with Crippen LogP contribution in [0.2, 0.25) is 0 Å². The van der Waals surface area contributed by atoms with Gasteiger partial charge in [-0.25, -0.2) is 15.0 Å². The third-order valence-electron chi connectivity index (χ3n) is 5.98. The Morgan fingerprint density at radius 3 is 2.68 bits per heavy atom. The number of nitrogens with zero attached hydrogens (tertiary/aromatic N) is 6. The third kappa shape index (κ3) is 5.15. The van der Waals surface area contributed by atoms with Crippen LogP contribution in [0.25, 0.3) is 39.3 Å². The van der Waals surface area contributed by atoms with Crippen LogP contribution in [0.15, 0.2) is 47.5 Å². The molecule has 190 valence electrons. The number of aliphatic imine (C=N–C) groups is 1. The second kappa shape index (κ2) is 10.9. The predicted octanol–water partition coefficient (Wildman–Crippen LogP) is 3.85. The zero-order valence-electron chi connectivity index (χ0n) is 21.3. The Bertz CT molecular complexity index is 1540. The standard InChI is InChI=1S/C26H29N9O2/c1-6-20(36)30-17(14-27-5)11-15(4)16-12-19-22(33-34-23(19)29-13-16)25-31-21-18(9-10-28-24(21)32-25)26(37)35(7-2)8-3/h9-14H,5-8H2,1-4H3,(H,30,36)(H,28,31,32)(H,29,33,34)/b15-11+,17-14+. The molecule has 0 aromatic carbocycles. The number of amides is 2. The van der Waals surface area contributed by atoms with E-state index in [0.29, 0.717) is 59.1 Å². The van der Waals surface area contributed by atoms with E-state index in [0.717, 1.165) is 16.5 Å². The molecule has 0 spiro atoms. The van der Waals surface area contributed by atoms with Crippen LogP contribution in [-0.4, -0.2) is 66.7 Å². The lowest BCUT2D eigenvalue weighted by Gasteiger charge is -2.18. The molecule has 0 saturated heterocycles. The zero-order valence-corrected chi connectivity index (χ0v) is 21.3. The van der Waals surface area contributed by atoms with E-state index < -0.39 is 0 Å². The van der Waals surface area contributed by atoms with Crippen molar-refractivity contribution in [2.75, 3.05) is 13.1 Å². The predicted molar refractivity (Wildman–Crippen MR) is 144 cm³/mol. The van der Waals surface area contributed by atoms with Gasteiger partial charge in [0.05, 0.1) is 22.2 Å². The Morgan fingerprint density at radius 2 is 1.97 bits per heavy atom. The number of rotatable bonds is 9. The Hall–Kier alpha value is -4.67. The number of aromatic nitrogens is 6. The van der Waals surface area contributed by atoms with Crippen molar-refractivity contribution in [3.05, 3.63) is 53.6 Å². The number of hydrogen-bond acceptors (Lipinski definition) is 7. The largest absolute Gasteiger partial charge is 0.339 e. The van der Waals surface area contributed by atoms with Crippen LogP contribution in [0.4, 0.5) is 0 Å². The maximum Gasteiger partial charge on any atom is 0.256 e. The molecule has 0 aliphatic carbocycles. The monoisotopic (exact) mass is 499 g/mol. The molecule has 3 N–H and O–H groups in total. The van der Waals surface area contributed by atoms with Gasteiger partial charge in [-0.2, -0.15) is 5.10 Å². The molecule has 0 bridgehead atoms. The summed E-state index contributed by atoms with van der Waals surface area (Å²) in [5.41, 5.74) is 4.86. The zero-order chi connectivity index (χ0) is 26.5. The lowest BCUT2D eigenvalue weighted by molar-refractivity contribution is -0.120. The molecule has 0 aliphatic heterocycles. The lowest BCUT2D eigenvalue weighted by Crippen LogP contribution is -2.30. The summed E-state index contributed by atoms with van der Waals surface area (Å²) in [4.78, 5) is 47.1. The van der Waals surface area contributed by atoms with Crippen molar-refractivity contribution < 1.29 is 9.59 Å². The molecule has 37 heavy (non-hydrogen) atoms. The Kier molecular flexibility index (Phi) is 7.52. The van der Waals surface area contributed by atoms with Crippen LogP contribution < -0.4 is 5.32 Å². The first-order chi connectivity index (χ1) is 17.9. The number of aromatic amines is 2. The van der Waals surface area contributed by atoms with Crippen molar-refractivity contribution >= 4 is 46.3 Å². The van der Waals surface area contributed by atoms with Gasteiger partial charge < -0.3 is 15.2 Å². The molecule has 4 aromatic rings. The number of nitrogens with one attached hydrogen (secondary N) is 3. The summed E-state index contributed by atoms with van der Waals surface area (Å²) < 4.78 is 0. The quantitative estimate of drug-likeness (QED) is 0.236. The third-order valence-corrected chi connectivity index (χ3v) is 5.98. The molecule has 0 saturated carbocycles. The number of hydrogen-bond donors (Lipinski definition) is 3.